The van der Waals surface area contributed by atoms with Gasteiger partial charge in [0.05, 0.1) is 5.38 Å². The lowest BCUT2D eigenvalue weighted by Gasteiger charge is -2.15. The molecular weight excluding hydrogens is 318 g/mol. The summed E-state index contributed by atoms with van der Waals surface area (Å²) in [4.78, 5) is 0. The quantitative estimate of drug-likeness (QED) is 0.581. The van der Waals surface area contributed by atoms with E-state index in [0.717, 1.165) is 16.7 Å². The van der Waals surface area contributed by atoms with Gasteiger partial charge >= 0.3 is 0 Å². The summed E-state index contributed by atoms with van der Waals surface area (Å²) in [6, 6.07) is 8.44. The van der Waals surface area contributed by atoms with Crippen molar-refractivity contribution in [2.45, 2.75) is 25.6 Å². The van der Waals surface area contributed by atoms with Crippen molar-refractivity contribution in [3.63, 3.8) is 0 Å². The molecule has 1 unspecified atom stereocenters. The van der Waals surface area contributed by atoms with E-state index in [2.05, 4.69) is 0 Å². The van der Waals surface area contributed by atoms with E-state index in [9.17, 15) is 4.39 Å². The second-order valence-electron chi connectivity index (χ2n) is 4.83. The molecule has 20 heavy (non-hydrogen) atoms. The summed E-state index contributed by atoms with van der Waals surface area (Å²) < 4.78 is 13.8. The zero-order valence-corrected chi connectivity index (χ0v) is 13.5. The molecule has 0 bridgehead atoms. The third-order valence-corrected chi connectivity index (χ3v) is 4.47. The summed E-state index contributed by atoms with van der Waals surface area (Å²) >= 11 is 18.7. The Bertz CT molecular complexity index is 618. The van der Waals surface area contributed by atoms with Gasteiger partial charge in [-0.05, 0) is 55.2 Å². The van der Waals surface area contributed by atoms with Gasteiger partial charge in [0.2, 0.25) is 0 Å². The molecule has 2 rings (SSSR count). The molecule has 0 aliphatic carbocycles. The molecule has 2 aromatic carbocycles. The maximum atomic E-state index is 13.8. The van der Waals surface area contributed by atoms with Gasteiger partial charge in [0.15, 0.2) is 0 Å². The zero-order chi connectivity index (χ0) is 14.9. The molecule has 0 N–H and O–H groups in total. The average Bonchev–Trinajstić information content (AvgIpc) is 2.38. The highest BCUT2D eigenvalue weighted by Gasteiger charge is 2.17. The maximum absolute atomic E-state index is 13.8. The van der Waals surface area contributed by atoms with Crippen LogP contribution in [0.15, 0.2) is 30.3 Å². The summed E-state index contributed by atoms with van der Waals surface area (Å²) in [6.45, 7) is 3.98. The second kappa shape index (κ2) is 6.34. The fraction of sp³-hybridized carbons (Fsp3) is 0.250. The van der Waals surface area contributed by atoms with Crippen molar-refractivity contribution in [2.75, 3.05) is 0 Å². The van der Waals surface area contributed by atoms with Crippen molar-refractivity contribution in [2.24, 2.45) is 0 Å². The highest BCUT2D eigenvalue weighted by molar-refractivity contribution is 6.33. The van der Waals surface area contributed by atoms with Crippen molar-refractivity contribution in [1.29, 1.82) is 0 Å². The number of rotatable bonds is 3. The lowest BCUT2D eigenvalue weighted by atomic mass is 9.99. The number of aryl methyl sites for hydroxylation is 2. The molecule has 0 radical (unpaired) electrons. The van der Waals surface area contributed by atoms with Crippen LogP contribution >= 0.6 is 34.8 Å². The van der Waals surface area contributed by atoms with Gasteiger partial charge in [-0.15, -0.1) is 11.6 Å². The zero-order valence-electron chi connectivity index (χ0n) is 11.2. The monoisotopic (exact) mass is 330 g/mol. The van der Waals surface area contributed by atoms with Crippen LogP contribution in [0.2, 0.25) is 10.0 Å². The summed E-state index contributed by atoms with van der Waals surface area (Å²) in [5.41, 5.74) is 3.43. The SMILES string of the molecule is Cc1cc(Cl)c(C(Cl)Cc2c(F)cccc2Cl)cc1C. The Morgan fingerprint density at radius 1 is 1.05 bits per heavy atom. The summed E-state index contributed by atoms with van der Waals surface area (Å²) in [5.74, 6) is -0.344. The number of halogens is 4. The van der Waals surface area contributed by atoms with Crippen molar-refractivity contribution >= 4 is 34.8 Å². The van der Waals surface area contributed by atoms with Gasteiger partial charge in [0, 0.05) is 15.6 Å². The van der Waals surface area contributed by atoms with Gasteiger partial charge < -0.3 is 0 Å². The molecule has 0 saturated carbocycles. The minimum Gasteiger partial charge on any atom is -0.207 e. The first-order valence-electron chi connectivity index (χ1n) is 6.23. The molecule has 0 spiro atoms. The molecule has 0 saturated heterocycles. The van der Waals surface area contributed by atoms with Crippen molar-refractivity contribution < 1.29 is 4.39 Å². The Labute approximate surface area is 133 Å². The molecule has 0 aliphatic heterocycles. The van der Waals surface area contributed by atoms with Crippen LogP contribution in [0.5, 0.6) is 0 Å². The van der Waals surface area contributed by atoms with E-state index < -0.39 is 5.38 Å². The molecule has 2 aromatic rings. The van der Waals surface area contributed by atoms with Gasteiger partial charge in [0.1, 0.15) is 5.82 Å². The highest BCUT2D eigenvalue weighted by Crippen LogP contribution is 2.34. The predicted molar refractivity (Wildman–Crippen MR) is 84.6 cm³/mol. The molecule has 0 heterocycles. The summed E-state index contributed by atoms with van der Waals surface area (Å²) in [5, 5.41) is 0.562. The Hall–Kier alpha value is -0.760. The summed E-state index contributed by atoms with van der Waals surface area (Å²) in [7, 11) is 0. The van der Waals surface area contributed by atoms with Gasteiger partial charge in [-0.1, -0.05) is 35.3 Å². The van der Waals surface area contributed by atoms with Crippen molar-refractivity contribution in [3.8, 4) is 0 Å². The first-order chi connectivity index (χ1) is 9.40. The van der Waals surface area contributed by atoms with Crippen LogP contribution in [0, 0.1) is 19.7 Å². The molecule has 0 nitrogen and oxygen atoms in total. The second-order valence-corrected chi connectivity index (χ2v) is 6.17. The van der Waals surface area contributed by atoms with Crippen LogP contribution in [0.1, 0.15) is 27.6 Å². The standard InChI is InChI=1S/C16H14Cl3F/c1-9-6-11(14(18)7-10(9)2)15(19)8-12-13(17)4-3-5-16(12)20/h3-7,15H,8H2,1-2H3. The minimum absolute atomic E-state index is 0.301. The Morgan fingerprint density at radius 3 is 2.35 bits per heavy atom. The Morgan fingerprint density at radius 2 is 1.70 bits per heavy atom. The normalized spacial score (nSPS) is 12.5. The smallest absolute Gasteiger partial charge is 0.127 e. The summed E-state index contributed by atoms with van der Waals surface area (Å²) in [6.07, 6.45) is 0.301. The molecule has 0 amide bonds. The molecule has 1 atom stereocenters. The predicted octanol–water partition coefficient (Wildman–Crippen LogP) is 6.27. The van der Waals surface area contributed by atoms with Crippen LogP contribution < -0.4 is 0 Å². The number of alkyl halides is 1. The first kappa shape index (κ1) is 15.6. The van der Waals surface area contributed by atoms with Crippen LogP contribution in [0.25, 0.3) is 0 Å². The molecule has 4 heteroatoms. The number of hydrogen-bond acceptors (Lipinski definition) is 0. The number of benzene rings is 2. The van der Waals surface area contributed by atoms with Crippen LogP contribution in [-0.2, 0) is 6.42 Å². The molecular formula is C16H14Cl3F. The van der Waals surface area contributed by atoms with Crippen molar-refractivity contribution in [1.82, 2.24) is 0 Å². The largest absolute Gasteiger partial charge is 0.207 e. The minimum atomic E-state index is -0.420. The molecule has 0 aromatic heterocycles. The third-order valence-electron chi connectivity index (χ3n) is 3.40. The van der Waals surface area contributed by atoms with E-state index in [0.29, 0.717) is 22.0 Å². The van der Waals surface area contributed by atoms with E-state index in [1.54, 1.807) is 12.1 Å². The number of hydrogen-bond donors (Lipinski definition) is 0. The third kappa shape index (κ3) is 3.28. The van der Waals surface area contributed by atoms with E-state index in [1.165, 1.54) is 6.07 Å². The Balaban J connectivity index is 2.33. The van der Waals surface area contributed by atoms with E-state index >= 15 is 0 Å². The van der Waals surface area contributed by atoms with E-state index in [1.807, 2.05) is 26.0 Å². The van der Waals surface area contributed by atoms with Gasteiger partial charge in [-0.3, -0.25) is 0 Å². The lowest BCUT2D eigenvalue weighted by molar-refractivity contribution is 0.607. The van der Waals surface area contributed by atoms with Gasteiger partial charge in [-0.25, -0.2) is 4.39 Å². The maximum Gasteiger partial charge on any atom is 0.127 e. The average molecular weight is 332 g/mol. The van der Waals surface area contributed by atoms with E-state index in [-0.39, 0.29) is 5.82 Å². The van der Waals surface area contributed by atoms with Crippen LogP contribution in [0.4, 0.5) is 4.39 Å². The molecule has 0 fully saturated rings. The fourth-order valence-corrected chi connectivity index (χ4v) is 3.04. The van der Waals surface area contributed by atoms with Gasteiger partial charge in [-0.2, -0.15) is 0 Å². The lowest BCUT2D eigenvalue weighted by Crippen LogP contribution is -2.01. The first-order valence-corrected chi connectivity index (χ1v) is 7.43. The highest BCUT2D eigenvalue weighted by atomic mass is 35.5. The Kier molecular flexibility index (Phi) is 4.95. The van der Waals surface area contributed by atoms with E-state index in [4.69, 9.17) is 34.8 Å². The fourth-order valence-electron chi connectivity index (χ4n) is 2.06. The topological polar surface area (TPSA) is 0 Å². The molecule has 0 aliphatic rings. The van der Waals surface area contributed by atoms with Gasteiger partial charge in [0.25, 0.3) is 0 Å². The molecule has 106 valence electrons. The van der Waals surface area contributed by atoms with Crippen LogP contribution in [0.3, 0.4) is 0 Å². The van der Waals surface area contributed by atoms with Crippen LogP contribution in [-0.4, -0.2) is 0 Å². The van der Waals surface area contributed by atoms with Crippen molar-refractivity contribution in [3.05, 3.63) is 68.4 Å².